The third-order valence-electron chi connectivity index (χ3n) is 13.5. The van der Waals surface area contributed by atoms with Gasteiger partial charge in [-0.3, -0.25) is 0 Å². The normalized spacial score (nSPS) is 13.2. The molecule has 9 aromatic carbocycles. The van der Waals surface area contributed by atoms with Crippen LogP contribution >= 0.6 is 0 Å². The smallest absolute Gasteiger partial charge is 0.305 e. The Kier molecular flexibility index (Phi) is 11.4. The SMILES string of the molecule is [2H]C([2H])([2H])c1ccnc(-c2[c-]cc(-c3ccccc3-c3cc(-c4ccccc4-c4c[c-]c(-c5cc(C([2H])([2H])[2H])ccn5)cc4)cc(-c4ccccc4-c4c[c-]c(-c5cc(C([2H])([2H])[2H])ccn5)cc4-c4ccc(-c5ccccc5)cc4)c3)cc2)c1.[Ir+3]. The van der Waals surface area contributed by atoms with Crippen LogP contribution in [0.2, 0.25) is 0 Å². The third kappa shape index (κ3) is 10.3. The molecule has 0 spiro atoms. The van der Waals surface area contributed by atoms with Gasteiger partial charge in [0, 0.05) is 30.9 Å². The number of aromatic nitrogens is 3. The number of benzene rings is 9. The van der Waals surface area contributed by atoms with Crippen LogP contribution in [0.5, 0.6) is 0 Å². The number of hydrogen-bond acceptors (Lipinski definition) is 3. The second-order valence-electron chi connectivity index (χ2n) is 18.3. The first-order valence-electron chi connectivity index (χ1n) is 29.1. The van der Waals surface area contributed by atoms with Crippen molar-refractivity contribution in [3.8, 4) is 123 Å². The average molecular weight is 1160 g/mol. The van der Waals surface area contributed by atoms with Gasteiger partial charge in [-0.1, -0.05) is 201 Å². The van der Waals surface area contributed by atoms with Crippen molar-refractivity contribution in [1.29, 1.82) is 0 Å². The molecule has 12 aromatic rings. The monoisotopic (exact) mass is 1160 g/mol. The van der Waals surface area contributed by atoms with Gasteiger partial charge in [-0.05, 0) is 124 Å². The van der Waals surface area contributed by atoms with Gasteiger partial charge < -0.3 is 15.0 Å². The number of hydrogen-bond donors (Lipinski definition) is 0. The van der Waals surface area contributed by atoms with E-state index in [9.17, 15) is 0 Å². The molecule has 3 heterocycles. The minimum atomic E-state index is -2.32. The van der Waals surface area contributed by atoms with Crippen molar-refractivity contribution in [3.63, 3.8) is 0 Å². The summed E-state index contributed by atoms with van der Waals surface area (Å²) in [6.07, 6.45) is 4.57. The molecule has 362 valence electrons. The molecule has 0 saturated heterocycles. The maximum absolute atomic E-state index is 8.18. The van der Waals surface area contributed by atoms with Gasteiger partial charge in [0.15, 0.2) is 0 Å². The molecule has 0 N–H and O–H groups in total. The zero-order valence-electron chi connectivity index (χ0n) is 49.8. The van der Waals surface area contributed by atoms with E-state index in [2.05, 4.69) is 130 Å². The molecule has 0 bridgehead atoms. The summed E-state index contributed by atoms with van der Waals surface area (Å²) in [7, 11) is 0. The van der Waals surface area contributed by atoms with Crippen molar-refractivity contribution in [1.82, 2.24) is 15.0 Å². The molecule has 0 amide bonds. The second-order valence-corrected chi connectivity index (χ2v) is 18.3. The molecule has 0 atom stereocenters. The van der Waals surface area contributed by atoms with Crippen LogP contribution in [-0.2, 0) is 20.1 Å². The molecule has 0 aliphatic carbocycles. The largest absolute Gasteiger partial charge is 3.00 e. The number of nitrogens with zero attached hydrogens (tertiary/aromatic N) is 3. The fourth-order valence-corrected chi connectivity index (χ4v) is 9.85. The quantitative estimate of drug-likeness (QED) is 0.121. The summed E-state index contributed by atoms with van der Waals surface area (Å²) >= 11 is 0. The minimum absolute atomic E-state index is 0. The van der Waals surface area contributed by atoms with Crippen molar-refractivity contribution in [2.45, 2.75) is 20.6 Å². The van der Waals surface area contributed by atoms with Gasteiger partial charge in [0.1, 0.15) is 0 Å². The van der Waals surface area contributed by atoms with Gasteiger partial charge in [0.2, 0.25) is 0 Å². The molecular formula is C72H50IrN3. The molecular weight excluding hydrogens is 1100 g/mol. The maximum Gasteiger partial charge on any atom is 3.00 e. The zero-order valence-corrected chi connectivity index (χ0v) is 43.2. The van der Waals surface area contributed by atoms with E-state index in [-0.39, 0.29) is 36.8 Å². The van der Waals surface area contributed by atoms with Crippen LogP contribution in [0.4, 0.5) is 0 Å². The van der Waals surface area contributed by atoms with Crippen LogP contribution in [0, 0.1) is 38.8 Å². The van der Waals surface area contributed by atoms with Crippen LogP contribution < -0.4 is 0 Å². The molecule has 0 radical (unpaired) electrons. The number of rotatable bonds is 11. The Labute approximate surface area is 472 Å². The van der Waals surface area contributed by atoms with Crippen LogP contribution in [0.1, 0.15) is 29.0 Å². The van der Waals surface area contributed by atoms with Gasteiger partial charge >= 0.3 is 20.1 Å². The van der Waals surface area contributed by atoms with Crippen molar-refractivity contribution in [2.24, 2.45) is 0 Å². The molecule has 3 nitrogen and oxygen atoms in total. The standard InChI is InChI=1S/C72H50N3.Ir/c1-48-35-38-73-70(41-48)56-29-25-53(26-30-56)62-15-7-9-17-64(62)59-44-60(65-18-10-8-16-63(65)54-27-31-57(32-28-54)71-42-49(2)36-39-74-71)46-61(45-59)66-19-11-12-20-67(66)68-34-33-58(72-43-50(3)37-40-75-72)47-69(68)55-23-21-52(22-24-55)51-13-5-4-6-14-51;/h4-29,31,34-47H,1-3H3;/q-3;+3/i1D3,2D3,3D3;. The molecule has 3 aromatic heterocycles. The number of pyridine rings is 3. The zero-order chi connectivity index (χ0) is 58.2. The van der Waals surface area contributed by atoms with Gasteiger partial charge in [0.05, 0.1) is 0 Å². The van der Waals surface area contributed by atoms with Crippen LogP contribution in [-0.4, -0.2) is 15.0 Å². The molecule has 0 aliphatic rings. The van der Waals surface area contributed by atoms with E-state index in [4.69, 9.17) is 12.3 Å². The second kappa shape index (κ2) is 21.9. The Hall–Kier alpha value is -8.92. The van der Waals surface area contributed by atoms with Crippen molar-refractivity contribution >= 4 is 0 Å². The fourth-order valence-electron chi connectivity index (χ4n) is 9.85. The van der Waals surface area contributed by atoms with Crippen LogP contribution in [0.25, 0.3) is 123 Å². The molecule has 4 heteroatoms. The summed E-state index contributed by atoms with van der Waals surface area (Å²) in [6.45, 7) is -6.88. The van der Waals surface area contributed by atoms with Crippen molar-refractivity contribution in [2.75, 3.05) is 0 Å². The maximum atomic E-state index is 8.18. The van der Waals surface area contributed by atoms with E-state index in [0.29, 0.717) is 33.8 Å². The van der Waals surface area contributed by atoms with E-state index < -0.39 is 20.6 Å². The van der Waals surface area contributed by atoms with Gasteiger partial charge in [-0.2, -0.15) is 0 Å². The summed E-state index contributed by atoms with van der Waals surface area (Å²) in [5.74, 6) is 0. The predicted molar refractivity (Wildman–Crippen MR) is 310 cm³/mol. The molecule has 0 aliphatic heterocycles. The van der Waals surface area contributed by atoms with Crippen molar-refractivity contribution in [3.05, 3.63) is 284 Å². The third-order valence-corrected chi connectivity index (χ3v) is 13.5. The van der Waals surface area contributed by atoms with Crippen LogP contribution in [0.15, 0.2) is 249 Å². The van der Waals surface area contributed by atoms with Crippen LogP contribution in [0.3, 0.4) is 0 Å². The van der Waals surface area contributed by atoms with E-state index in [1.54, 1.807) is 18.2 Å². The Bertz CT molecular complexity index is 4210. The van der Waals surface area contributed by atoms with Gasteiger partial charge in [-0.25, -0.2) is 0 Å². The molecule has 0 unspecified atom stereocenters. The van der Waals surface area contributed by atoms with Gasteiger partial charge in [0.25, 0.3) is 0 Å². The summed E-state index contributed by atoms with van der Waals surface area (Å²) in [6, 6.07) is 85.7. The first kappa shape index (κ1) is 39.5. The Balaban J connectivity index is 0.00000752. The first-order chi connectivity index (χ1) is 40.5. The summed E-state index contributed by atoms with van der Waals surface area (Å²) in [4.78, 5) is 13.6. The molecule has 0 fully saturated rings. The Morgan fingerprint density at radius 2 is 0.645 bits per heavy atom. The van der Waals surface area contributed by atoms with Crippen molar-refractivity contribution < 1.29 is 32.4 Å². The topological polar surface area (TPSA) is 38.7 Å². The predicted octanol–water partition coefficient (Wildman–Crippen LogP) is 18.5. The van der Waals surface area contributed by atoms with Gasteiger partial charge in [-0.15, -0.1) is 83.4 Å². The summed E-state index contributed by atoms with van der Waals surface area (Å²) in [5.41, 5.74) is 19.4. The van der Waals surface area contributed by atoms with E-state index >= 15 is 0 Å². The summed E-state index contributed by atoms with van der Waals surface area (Å²) in [5, 5.41) is 0. The molecule has 0 saturated carbocycles. The van der Waals surface area contributed by atoms with E-state index in [1.165, 1.54) is 36.8 Å². The Morgan fingerprint density at radius 3 is 1.09 bits per heavy atom. The summed E-state index contributed by atoms with van der Waals surface area (Å²) < 4.78 is 72.5. The molecule has 12 rings (SSSR count). The fraction of sp³-hybridized carbons (Fsp3) is 0.0417. The first-order valence-corrected chi connectivity index (χ1v) is 24.6. The van der Waals surface area contributed by atoms with E-state index in [1.807, 2.05) is 97.1 Å². The average Bonchev–Trinajstić information content (AvgIpc) is 2.05. The van der Waals surface area contributed by atoms with E-state index in [0.717, 1.165) is 89.0 Å². The minimum Gasteiger partial charge on any atom is -0.305 e. The Morgan fingerprint density at radius 1 is 0.276 bits per heavy atom. The number of aryl methyl sites for hydroxylation is 3. The molecule has 76 heavy (non-hydrogen) atoms.